The smallest absolute Gasteiger partial charge is 1.00 e. The molecule has 0 atom stereocenters. The number of halogens is 2. The molecule has 0 unspecified atom stereocenters. The molecule has 0 bridgehead atoms. The van der Waals surface area contributed by atoms with Crippen LogP contribution in [0.4, 0.5) is 0 Å². The zero-order valence-corrected chi connectivity index (χ0v) is 30.4. The van der Waals surface area contributed by atoms with Crippen molar-refractivity contribution in [2.75, 3.05) is 0 Å². The molecule has 2 aliphatic rings. The van der Waals surface area contributed by atoms with E-state index < -0.39 is 17.4 Å². The number of rotatable bonds is 4. The van der Waals surface area contributed by atoms with Crippen LogP contribution in [0.3, 0.4) is 0 Å². The van der Waals surface area contributed by atoms with Gasteiger partial charge < -0.3 is 24.8 Å². The summed E-state index contributed by atoms with van der Waals surface area (Å²) >= 11 is -2.45. The van der Waals surface area contributed by atoms with Gasteiger partial charge in [0.15, 0.2) is 0 Å². The fourth-order valence-corrected chi connectivity index (χ4v) is 13.7. The fraction of sp³-hybridized carbons (Fsp3) is 0.0426. The largest absolute Gasteiger partial charge is 1.00 e. The van der Waals surface area contributed by atoms with Gasteiger partial charge in [0.05, 0.1) is 0 Å². The van der Waals surface area contributed by atoms with E-state index in [1.54, 1.807) is 7.76 Å². The second kappa shape index (κ2) is 13.3. The van der Waals surface area contributed by atoms with Crippen LogP contribution >= 0.6 is 0 Å². The van der Waals surface area contributed by atoms with Crippen molar-refractivity contribution in [3.63, 3.8) is 0 Å². The molecule has 238 valence electrons. The Morgan fingerprint density at radius 3 is 1.22 bits per heavy atom. The molecule has 50 heavy (non-hydrogen) atoms. The van der Waals surface area contributed by atoms with Crippen molar-refractivity contribution in [2.24, 2.45) is 0 Å². The van der Waals surface area contributed by atoms with Gasteiger partial charge in [-0.2, -0.15) is 0 Å². The molecule has 8 aromatic rings. The van der Waals surface area contributed by atoms with Gasteiger partial charge in [-0.05, 0) is 0 Å². The average Bonchev–Trinajstić information content (AvgIpc) is 3.79. The van der Waals surface area contributed by atoms with Crippen LogP contribution in [0, 0.1) is 0 Å². The zero-order valence-electron chi connectivity index (χ0n) is 27.3. The molecule has 0 saturated carbocycles. The van der Waals surface area contributed by atoms with Crippen LogP contribution in [0.25, 0.3) is 50.8 Å². The van der Waals surface area contributed by atoms with E-state index >= 15 is 0 Å². The molecule has 0 aliphatic heterocycles. The van der Waals surface area contributed by atoms with Gasteiger partial charge in [0.2, 0.25) is 0 Å². The standard InChI is InChI=1S/2C17H11.C13H10.2ClH.Ti/c2*1-2-6-15-12(4-1)8-10-14-11-9-13-5-3-7-16(13)17(14)15;1-3-7-12(8-4-1)11-13-9-5-2-6-10-13;;;/h2*1-4,6,8-11H,7H2;1-10H;2*1H;/q;;;;;+2/p-2. The summed E-state index contributed by atoms with van der Waals surface area (Å²) in [7, 11) is 0. The molecule has 8 aromatic carbocycles. The molecule has 10 rings (SSSR count). The molecule has 0 amide bonds. The molecule has 0 heterocycles. The summed E-state index contributed by atoms with van der Waals surface area (Å²) in [4.78, 5) is 0. The Morgan fingerprint density at radius 2 is 0.760 bits per heavy atom. The van der Waals surface area contributed by atoms with Crippen molar-refractivity contribution < 1.29 is 42.2 Å². The SMILES string of the molecule is C1=[C]([Ti+2]([C]2=CCc3c2ccc2ccc4ccccc4c32)=[C](c2ccccc2)c2ccccc2)c2ccc3ccc4ccccc4c3c2C1.[Cl-].[Cl-]. The summed E-state index contributed by atoms with van der Waals surface area (Å²) in [5.41, 5.74) is 8.60. The molecule has 0 N–H and O–H groups in total. The maximum Gasteiger partial charge on any atom is -1.00 e. The third-order valence-corrected chi connectivity index (χ3v) is 15.4. The van der Waals surface area contributed by atoms with Gasteiger partial charge in [-0.15, -0.1) is 0 Å². The van der Waals surface area contributed by atoms with E-state index in [9.17, 15) is 0 Å². The Balaban J connectivity index is 0.00000180. The first-order valence-corrected chi connectivity index (χ1v) is 19.3. The van der Waals surface area contributed by atoms with Crippen LogP contribution in [-0.2, 0) is 30.2 Å². The van der Waals surface area contributed by atoms with E-state index in [0.717, 1.165) is 12.8 Å². The van der Waals surface area contributed by atoms with E-state index in [0.29, 0.717) is 0 Å². The van der Waals surface area contributed by atoms with Crippen LogP contribution in [0.1, 0.15) is 33.4 Å². The number of hydrogen-bond acceptors (Lipinski definition) is 0. The molecular weight excluding hydrogens is 683 g/mol. The topological polar surface area (TPSA) is 0 Å². The minimum atomic E-state index is -2.45. The maximum absolute atomic E-state index is 2.61. The molecule has 0 aromatic heterocycles. The van der Waals surface area contributed by atoms with Crippen LogP contribution in [0.15, 0.2) is 170 Å². The van der Waals surface area contributed by atoms with Gasteiger partial charge >= 0.3 is 288 Å². The summed E-state index contributed by atoms with van der Waals surface area (Å²) < 4.78 is 4.70. The summed E-state index contributed by atoms with van der Waals surface area (Å²) in [5.74, 6) is 0. The monoisotopic (exact) mass is 714 g/mol. The van der Waals surface area contributed by atoms with Crippen molar-refractivity contribution in [3.8, 4) is 0 Å². The van der Waals surface area contributed by atoms with Crippen LogP contribution in [0.2, 0.25) is 0 Å². The molecule has 0 nitrogen and oxygen atoms in total. The quantitative estimate of drug-likeness (QED) is 0.163. The molecular formula is C47H32Cl2Ti. The molecule has 3 heteroatoms. The normalized spacial score (nSPS) is 12.8. The van der Waals surface area contributed by atoms with E-state index in [2.05, 4.69) is 170 Å². The minimum absolute atomic E-state index is 0. The van der Waals surface area contributed by atoms with Crippen molar-refractivity contribution in [2.45, 2.75) is 12.8 Å². The third kappa shape index (κ3) is 5.14. The Morgan fingerprint density at radius 1 is 0.380 bits per heavy atom. The van der Waals surface area contributed by atoms with Gasteiger partial charge in [0, 0.05) is 0 Å². The summed E-state index contributed by atoms with van der Waals surface area (Å²) in [6.07, 6.45) is 7.18. The maximum atomic E-state index is 2.61. The van der Waals surface area contributed by atoms with E-state index in [4.69, 9.17) is 0 Å². The molecule has 0 fully saturated rings. The first-order valence-electron chi connectivity index (χ1n) is 17.0. The van der Waals surface area contributed by atoms with E-state index in [1.807, 2.05) is 0 Å². The van der Waals surface area contributed by atoms with Crippen molar-refractivity contribution >= 4 is 54.7 Å². The van der Waals surface area contributed by atoms with Gasteiger partial charge in [-0.1, -0.05) is 0 Å². The second-order valence-corrected chi connectivity index (χ2v) is 16.7. The first kappa shape index (κ1) is 32.6. The van der Waals surface area contributed by atoms with Crippen molar-refractivity contribution in [3.05, 3.63) is 203 Å². The number of hydrogen-bond donors (Lipinski definition) is 0. The Hall–Kier alpha value is -4.56. The predicted octanol–water partition coefficient (Wildman–Crippen LogP) is 5.69. The Bertz CT molecular complexity index is 2520. The zero-order chi connectivity index (χ0) is 31.6. The second-order valence-electron chi connectivity index (χ2n) is 13.1. The minimum Gasteiger partial charge on any atom is -1.00 e. The van der Waals surface area contributed by atoms with Crippen molar-refractivity contribution in [1.29, 1.82) is 0 Å². The summed E-state index contributed by atoms with van der Waals surface area (Å²) in [6, 6.07) is 59.1. The fourth-order valence-electron chi connectivity index (χ4n) is 8.45. The molecule has 2 aliphatic carbocycles. The Kier molecular flexibility index (Phi) is 8.68. The van der Waals surface area contributed by atoms with Gasteiger partial charge in [0.1, 0.15) is 0 Å². The van der Waals surface area contributed by atoms with Crippen molar-refractivity contribution in [1.82, 2.24) is 0 Å². The van der Waals surface area contributed by atoms with E-state index in [-0.39, 0.29) is 24.8 Å². The van der Waals surface area contributed by atoms with E-state index in [1.165, 1.54) is 80.3 Å². The van der Waals surface area contributed by atoms with Gasteiger partial charge in [-0.3, -0.25) is 0 Å². The summed E-state index contributed by atoms with van der Waals surface area (Å²) in [5, 5.41) is 10.9. The number of allylic oxidation sites excluding steroid dienone is 2. The summed E-state index contributed by atoms with van der Waals surface area (Å²) in [6.45, 7) is 0. The van der Waals surface area contributed by atoms with Gasteiger partial charge in [0.25, 0.3) is 0 Å². The van der Waals surface area contributed by atoms with Crippen LogP contribution in [-0.4, -0.2) is 3.81 Å². The average molecular weight is 716 g/mol. The molecule has 0 radical (unpaired) electrons. The molecule has 0 saturated heterocycles. The third-order valence-electron chi connectivity index (χ3n) is 10.5. The predicted molar refractivity (Wildman–Crippen MR) is 202 cm³/mol. The number of benzene rings is 8. The number of fused-ring (bicyclic) bond motifs is 10. The van der Waals surface area contributed by atoms with Crippen LogP contribution in [0.5, 0.6) is 0 Å². The van der Waals surface area contributed by atoms with Gasteiger partial charge in [-0.25, -0.2) is 0 Å². The Labute approximate surface area is 311 Å². The first-order chi connectivity index (χ1) is 23.8. The molecule has 0 spiro atoms. The van der Waals surface area contributed by atoms with Crippen LogP contribution < -0.4 is 24.8 Å².